The van der Waals surface area contributed by atoms with Crippen LogP contribution in [0.3, 0.4) is 0 Å². The van der Waals surface area contributed by atoms with Gasteiger partial charge in [-0.3, -0.25) is 0 Å². The van der Waals surface area contributed by atoms with Gasteiger partial charge in [-0.15, -0.1) is 0 Å². The van der Waals surface area contributed by atoms with Crippen LogP contribution in [0.2, 0.25) is 0 Å². The highest BCUT2D eigenvalue weighted by atomic mass is 32.1. The van der Waals surface area contributed by atoms with Crippen LogP contribution in [-0.4, -0.2) is 39.9 Å². The van der Waals surface area contributed by atoms with Gasteiger partial charge >= 0.3 is 0 Å². The van der Waals surface area contributed by atoms with Gasteiger partial charge in [0.1, 0.15) is 0 Å². The number of thiocarbonyl (C=S) groups is 1. The van der Waals surface area contributed by atoms with Crippen LogP contribution in [0.4, 0.5) is 0 Å². The number of hydrogen-bond donors (Lipinski definition) is 1. The lowest BCUT2D eigenvalue weighted by atomic mass is 9.92. The highest BCUT2D eigenvalue weighted by Crippen LogP contribution is 2.38. The Balaban J connectivity index is 1.74. The van der Waals surface area contributed by atoms with E-state index in [0.717, 1.165) is 41.8 Å². The Morgan fingerprint density at radius 2 is 1.83 bits per heavy atom. The molecule has 7 heteroatoms. The third-order valence-electron chi connectivity index (χ3n) is 6.61. The highest BCUT2D eigenvalue weighted by molar-refractivity contribution is 7.80. The molecule has 0 saturated heterocycles. The molecule has 0 bridgehead atoms. The van der Waals surface area contributed by atoms with Crippen molar-refractivity contribution in [2.75, 3.05) is 19.8 Å². The molecule has 1 aromatic heterocycles. The van der Waals surface area contributed by atoms with Crippen molar-refractivity contribution in [3.63, 3.8) is 0 Å². The van der Waals surface area contributed by atoms with Gasteiger partial charge in [0.2, 0.25) is 5.82 Å². The Labute approximate surface area is 213 Å². The van der Waals surface area contributed by atoms with Gasteiger partial charge in [-0.2, -0.15) is 4.98 Å². The molecule has 1 unspecified atom stereocenters. The van der Waals surface area contributed by atoms with E-state index in [0.29, 0.717) is 30.0 Å². The summed E-state index contributed by atoms with van der Waals surface area (Å²) in [4.78, 5) is 6.94. The van der Waals surface area contributed by atoms with E-state index in [1.54, 1.807) is 0 Å². The minimum absolute atomic E-state index is 0.180. The van der Waals surface area contributed by atoms with Crippen LogP contribution in [0, 0.1) is 13.8 Å². The number of aromatic nitrogens is 2. The summed E-state index contributed by atoms with van der Waals surface area (Å²) in [5.74, 6) is 1.09. The number of benzene rings is 2. The van der Waals surface area contributed by atoms with Crippen molar-refractivity contribution in [2.24, 2.45) is 0 Å². The largest absolute Gasteiger partial charge is 0.382 e. The molecule has 0 aliphatic carbocycles. The first-order valence-electron chi connectivity index (χ1n) is 12.3. The number of nitrogens with zero attached hydrogens (tertiary/aromatic N) is 3. The highest BCUT2D eigenvalue weighted by Gasteiger charge is 2.34. The van der Waals surface area contributed by atoms with Gasteiger partial charge in [-0.25, -0.2) is 0 Å². The lowest BCUT2D eigenvalue weighted by Crippen LogP contribution is -2.46. The molecule has 1 N–H and O–H groups in total. The third kappa shape index (κ3) is 5.46. The molecule has 1 aliphatic heterocycles. The minimum Gasteiger partial charge on any atom is -0.382 e. The molecule has 0 amide bonds. The lowest BCUT2D eigenvalue weighted by Gasteiger charge is -2.37. The number of ether oxygens (including phenoxy) is 1. The average molecular weight is 491 g/mol. The van der Waals surface area contributed by atoms with Crippen LogP contribution < -0.4 is 5.32 Å². The van der Waals surface area contributed by atoms with Gasteiger partial charge in [-0.05, 0) is 75.0 Å². The number of rotatable bonds is 9. The molecule has 0 radical (unpaired) electrons. The van der Waals surface area contributed by atoms with E-state index < -0.39 is 0 Å². The van der Waals surface area contributed by atoms with Crippen LogP contribution in [0.15, 0.2) is 52.7 Å². The molecule has 0 fully saturated rings. The summed E-state index contributed by atoms with van der Waals surface area (Å²) in [6.45, 7) is 12.6. The van der Waals surface area contributed by atoms with E-state index in [4.69, 9.17) is 26.5 Å². The monoisotopic (exact) mass is 490 g/mol. The average Bonchev–Trinajstić information content (AvgIpc) is 3.34. The summed E-state index contributed by atoms with van der Waals surface area (Å²) < 4.78 is 11.4. The van der Waals surface area contributed by atoms with E-state index in [-0.39, 0.29) is 6.04 Å². The molecular formula is C28H34N4O2S. The second kappa shape index (κ2) is 11.1. The molecule has 6 nitrogen and oxygen atoms in total. The van der Waals surface area contributed by atoms with Crippen LogP contribution in [-0.2, 0) is 11.2 Å². The molecule has 0 spiro atoms. The van der Waals surface area contributed by atoms with Gasteiger partial charge in [0.25, 0.3) is 5.89 Å². The smallest absolute Gasteiger partial charge is 0.258 e. The van der Waals surface area contributed by atoms with Crippen LogP contribution >= 0.6 is 12.2 Å². The lowest BCUT2D eigenvalue weighted by molar-refractivity contribution is 0.141. The zero-order valence-corrected chi connectivity index (χ0v) is 22.0. The van der Waals surface area contributed by atoms with E-state index in [2.05, 4.69) is 73.4 Å². The molecule has 1 aliphatic rings. The molecule has 0 saturated carbocycles. The fraction of sp³-hybridized carbons (Fsp3) is 0.393. The summed E-state index contributed by atoms with van der Waals surface area (Å²) in [6, 6.07) is 14.6. The molecule has 4 rings (SSSR count). The van der Waals surface area contributed by atoms with Crippen LogP contribution in [0.1, 0.15) is 61.4 Å². The van der Waals surface area contributed by atoms with Crippen molar-refractivity contribution in [1.29, 1.82) is 0 Å². The number of nitrogens with one attached hydrogen (secondary N) is 1. The first-order valence-corrected chi connectivity index (χ1v) is 12.7. The van der Waals surface area contributed by atoms with Crippen molar-refractivity contribution in [1.82, 2.24) is 20.4 Å². The summed E-state index contributed by atoms with van der Waals surface area (Å²) in [5, 5.41) is 8.56. The first kappa shape index (κ1) is 25.1. The Hall–Kier alpha value is -3.03. The topological polar surface area (TPSA) is 63.4 Å². The standard InChI is InChI=1S/C28H34N4O2S/c1-6-21-10-13-22(14-11-21)26-30-27(34-31-26)24-20(5)32(15-8-16-33-7-2)28(35)29-25(24)23-12-9-18(3)19(4)17-23/h9-14,17,25H,6-8,15-16H2,1-5H3,(H,29,35). The Kier molecular flexibility index (Phi) is 7.98. The second-order valence-electron chi connectivity index (χ2n) is 8.90. The fourth-order valence-corrected chi connectivity index (χ4v) is 4.68. The minimum atomic E-state index is -0.180. The molecule has 2 heterocycles. The maximum absolute atomic E-state index is 5.86. The van der Waals surface area contributed by atoms with Crippen molar-refractivity contribution in [3.8, 4) is 11.4 Å². The van der Waals surface area contributed by atoms with E-state index in [1.807, 2.05) is 19.1 Å². The van der Waals surface area contributed by atoms with Crippen molar-refractivity contribution in [2.45, 2.75) is 53.5 Å². The van der Waals surface area contributed by atoms with Gasteiger partial charge < -0.3 is 19.5 Å². The second-order valence-corrected chi connectivity index (χ2v) is 9.29. The van der Waals surface area contributed by atoms with Gasteiger partial charge in [0.15, 0.2) is 5.11 Å². The van der Waals surface area contributed by atoms with Crippen molar-refractivity contribution >= 4 is 22.9 Å². The summed E-state index contributed by atoms with van der Waals surface area (Å²) in [5.41, 5.74) is 7.78. The summed E-state index contributed by atoms with van der Waals surface area (Å²) in [7, 11) is 0. The number of aryl methyl sites for hydroxylation is 3. The van der Waals surface area contributed by atoms with Crippen LogP contribution in [0.25, 0.3) is 17.0 Å². The Morgan fingerprint density at radius 3 is 2.51 bits per heavy atom. The summed E-state index contributed by atoms with van der Waals surface area (Å²) >= 11 is 5.80. The van der Waals surface area contributed by atoms with Gasteiger partial charge in [0, 0.05) is 31.0 Å². The zero-order valence-electron chi connectivity index (χ0n) is 21.2. The quantitative estimate of drug-likeness (QED) is 0.291. The van der Waals surface area contributed by atoms with Gasteiger partial charge in [0.05, 0.1) is 11.6 Å². The normalized spacial score (nSPS) is 16.1. The van der Waals surface area contributed by atoms with E-state index >= 15 is 0 Å². The van der Waals surface area contributed by atoms with Gasteiger partial charge in [-0.1, -0.05) is 54.5 Å². The van der Waals surface area contributed by atoms with Crippen LogP contribution in [0.5, 0.6) is 0 Å². The molecular weight excluding hydrogens is 456 g/mol. The number of allylic oxidation sites excluding steroid dienone is 1. The SMILES string of the molecule is CCOCCCN1C(=S)NC(c2ccc(C)c(C)c2)C(c2nc(-c3ccc(CC)cc3)no2)=C1C. The maximum Gasteiger partial charge on any atom is 0.258 e. The molecule has 2 aromatic carbocycles. The van der Waals surface area contributed by atoms with E-state index in [1.165, 1.54) is 16.7 Å². The predicted molar refractivity (Wildman–Crippen MR) is 144 cm³/mol. The predicted octanol–water partition coefficient (Wildman–Crippen LogP) is 6.00. The third-order valence-corrected chi connectivity index (χ3v) is 6.95. The van der Waals surface area contributed by atoms with Crippen molar-refractivity contribution in [3.05, 3.63) is 76.3 Å². The maximum atomic E-state index is 5.86. The molecule has 35 heavy (non-hydrogen) atoms. The fourth-order valence-electron chi connectivity index (χ4n) is 4.33. The summed E-state index contributed by atoms with van der Waals surface area (Å²) in [6.07, 6.45) is 1.86. The number of hydrogen-bond acceptors (Lipinski definition) is 5. The zero-order chi connectivity index (χ0) is 24.9. The molecule has 3 aromatic rings. The first-order chi connectivity index (χ1) is 16.9. The Bertz CT molecular complexity index is 1220. The van der Waals surface area contributed by atoms with E-state index in [9.17, 15) is 0 Å². The Morgan fingerprint density at radius 1 is 1.06 bits per heavy atom. The van der Waals surface area contributed by atoms with Crippen molar-refractivity contribution < 1.29 is 9.26 Å². The molecule has 184 valence electrons. The molecule has 1 atom stereocenters.